The molecule has 1 aliphatic rings. The van der Waals surface area contributed by atoms with Gasteiger partial charge < -0.3 is 5.32 Å². The van der Waals surface area contributed by atoms with Gasteiger partial charge >= 0.3 is 0 Å². The van der Waals surface area contributed by atoms with Crippen LogP contribution < -0.4 is 5.32 Å². The highest BCUT2D eigenvalue weighted by Gasteiger charge is 2.30. The van der Waals surface area contributed by atoms with Crippen LogP contribution in [0.5, 0.6) is 0 Å². The van der Waals surface area contributed by atoms with Crippen LogP contribution >= 0.6 is 11.3 Å². The van der Waals surface area contributed by atoms with Crippen molar-refractivity contribution in [1.82, 2.24) is 20.1 Å². The molecule has 1 unspecified atom stereocenters. The molecule has 0 amide bonds. The van der Waals surface area contributed by atoms with Gasteiger partial charge in [-0.3, -0.25) is 4.68 Å². The molecule has 0 radical (unpaired) electrons. The van der Waals surface area contributed by atoms with E-state index in [0.29, 0.717) is 12.0 Å². The second kappa shape index (κ2) is 5.89. The van der Waals surface area contributed by atoms with Gasteiger partial charge in [0.25, 0.3) is 0 Å². The van der Waals surface area contributed by atoms with Gasteiger partial charge in [-0.1, -0.05) is 20.8 Å². The molecular weight excluding hydrogens is 280 g/mol. The largest absolute Gasteiger partial charge is 0.301 e. The summed E-state index contributed by atoms with van der Waals surface area (Å²) in [5, 5.41) is 11.7. The average Bonchev–Trinajstić information content (AvgIpc) is 3.00. The number of aromatic nitrogens is 3. The highest BCUT2D eigenvalue weighted by molar-refractivity contribution is 7.09. The average molecular weight is 304 g/mol. The molecule has 0 spiro atoms. The van der Waals surface area contributed by atoms with E-state index in [1.165, 1.54) is 34.8 Å². The summed E-state index contributed by atoms with van der Waals surface area (Å²) in [6, 6.07) is 0.838. The van der Waals surface area contributed by atoms with Crippen LogP contribution in [0.4, 0.5) is 0 Å². The van der Waals surface area contributed by atoms with Crippen molar-refractivity contribution >= 4 is 11.3 Å². The van der Waals surface area contributed by atoms with Crippen LogP contribution in [0.15, 0.2) is 11.6 Å². The lowest BCUT2D eigenvalue weighted by Gasteiger charge is -2.16. The predicted molar refractivity (Wildman–Crippen MR) is 86.8 cm³/mol. The summed E-state index contributed by atoms with van der Waals surface area (Å²) in [5.41, 5.74) is 3.66. The zero-order valence-electron chi connectivity index (χ0n) is 13.3. The van der Waals surface area contributed by atoms with E-state index in [-0.39, 0.29) is 6.04 Å². The van der Waals surface area contributed by atoms with Gasteiger partial charge in [-0.05, 0) is 25.2 Å². The molecule has 5 heteroatoms. The van der Waals surface area contributed by atoms with Crippen molar-refractivity contribution in [2.24, 2.45) is 7.05 Å². The first-order valence-corrected chi connectivity index (χ1v) is 8.70. The van der Waals surface area contributed by atoms with Crippen molar-refractivity contribution in [2.45, 2.75) is 58.0 Å². The van der Waals surface area contributed by atoms with Crippen molar-refractivity contribution in [1.29, 1.82) is 0 Å². The third-order valence-corrected chi connectivity index (χ3v) is 4.87. The maximum atomic E-state index is 4.87. The maximum absolute atomic E-state index is 4.87. The second-order valence-electron chi connectivity index (χ2n) is 6.20. The molecule has 0 bridgehead atoms. The van der Waals surface area contributed by atoms with Gasteiger partial charge in [0, 0.05) is 30.2 Å². The van der Waals surface area contributed by atoms with Gasteiger partial charge in [-0.25, -0.2) is 4.98 Å². The first-order valence-electron chi connectivity index (χ1n) is 7.82. The summed E-state index contributed by atoms with van der Waals surface area (Å²) < 4.78 is 1.92. The normalized spacial score (nSPS) is 16.6. The smallest absolute Gasteiger partial charge is 0.115 e. The zero-order valence-corrected chi connectivity index (χ0v) is 14.1. The fourth-order valence-electron chi connectivity index (χ4n) is 2.55. The third kappa shape index (κ3) is 3.19. The van der Waals surface area contributed by atoms with Crippen LogP contribution in [-0.2, 0) is 13.5 Å². The number of hydrogen-bond donors (Lipinski definition) is 1. The Morgan fingerprint density at radius 3 is 2.76 bits per heavy atom. The number of hydrogen-bond acceptors (Lipinski definition) is 4. The monoisotopic (exact) mass is 304 g/mol. The lowest BCUT2D eigenvalue weighted by atomic mass is 10.1. The maximum Gasteiger partial charge on any atom is 0.115 e. The SMILES string of the molecule is CCc1nn(C)cc1C(NC1CC1)c1nc(C(C)C)cs1. The highest BCUT2D eigenvalue weighted by atomic mass is 32.1. The Kier molecular flexibility index (Phi) is 4.13. The van der Waals surface area contributed by atoms with E-state index in [2.05, 4.69) is 42.8 Å². The van der Waals surface area contributed by atoms with Crippen LogP contribution in [0.3, 0.4) is 0 Å². The Balaban J connectivity index is 1.95. The minimum atomic E-state index is 0.193. The molecule has 3 rings (SSSR count). The second-order valence-corrected chi connectivity index (χ2v) is 7.09. The van der Waals surface area contributed by atoms with Crippen LogP contribution in [-0.4, -0.2) is 20.8 Å². The van der Waals surface area contributed by atoms with Crippen LogP contribution in [0.1, 0.15) is 67.5 Å². The topological polar surface area (TPSA) is 42.7 Å². The molecule has 1 fully saturated rings. The fraction of sp³-hybridized carbons (Fsp3) is 0.625. The Labute approximate surface area is 130 Å². The van der Waals surface area contributed by atoms with Crippen molar-refractivity contribution < 1.29 is 0 Å². The van der Waals surface area contributed by atoms with E-state index >= 15 is 0 Å². The number of nitrogens with one attached hydrogen (secondary N) is 1. The summed E-state index contributed by atoms with van der Waals surface area (Å²) in [7, 11) is 2.00. The fourth-order valence-corrected chi connectivity index (χ4v) is 3.60. The van der Waals surface area contributed by atoms with Crippen molar-refractivity contribution in [3.05, 3.63) is 33.5 Å². The molecule has 2 heterocycles. The van der Waals surface area contributed by atoms with Crippen LogP contribution in [0, 0.1) is 0 Å². The van der Waals surface area contributed by atoms with E-state index in [9.17, 15) is 0 Å². The molecule has 1 atom stereocenters. The lowest BCUT2D eigenvalue weighted by molar-refractivity contribution is 0.591. The number of rotatable bonds is 6. The number of thiazole rings is 1. The lowest BCUT2D eigenvalue weighted by Crippen LogP contribution is -2.25. The molecule has 114 valence electrons. The molecule has 1 saturated carbocycles. The molecule has 2 aromatic rings. The molecule has 0 saturated heterocycles. The minimum absolute atomic E-state index is 0.193. The standard InChI is InChI=1S/C16H24N4S/c1-5-13-12(8-20(4)19-13)15(17-11-6-7-11)16-18-14(9-21-16)10(2)3/h8-11,15,17H,5-7H2,1-4H3. The molecule has 1 N–H and O–H groups in total. The van der Waals surface area contributed by atoms with Gasteiger partial charge in [-0.15, -0.1) is 11.3 Å². The molecule has 1 aliphatic carbocycles. The minimum Gasteiger partial charge on any atom is -0.301 e. The highest BCUT2D eigenvalue weighted by Crippen LogP contribution is 2.33. The Morgan fingerprint density at radius 2 is 2.19 bits per heavy atom. The van der Waals surface area contributed by atoms with Gasteiger partial charge in [0.05, 0.1) is 17.4 Å². The summed E-state index contributed by atoms with van der Waals surface area (Å²) >= 11 is 1.77. The van der Waals surface area contributed by atoms with Gasteiger partial charge in [-0.2, -0.15) is 5.10 Å². The van der Waals surface area contributed by atoms with E-state index < -0.39 is 0 Å². The molecule has 0 aromatic carbocycles. The summed E-state index contributed by atoms with van der Waals surface area (Å²) in [4.78, 5) is 4.87. The zero-order chi connectivity index (χ0) is 15.0. The Hall–Kier alpha value is -1.20. The quantitative estimate of drug-likeness (QED) is 0.889. The summed E-state index contributed by atoms with van der Waals surface area (Å²) in [5.74, 6) is 0.483. The van der Waals surface area contributed by atoms with Gasteiger partial charge in [0.1, 0.15) is 5.01 Å². The van der Waals surface area contributed by atoms with Crippen molar-refractivity contribution in [3.63, 3.8) is 0 Å². The first kappa shape index (κ1) is 14.7. The van der Waals surface area contributed by atoms with Crippen molar-refractivity contribution in [3.8, 4) is 0 Å². The molecule has 2 aromatic heterocycles. The van der Waals surface area contributed by atoms with Crippen molar-refractivity contribution in [2.75, 3.05) is 0 Å². The van der Waals surface area contributed by atoms with E-state index in [4.69, 9.17) is 4.98 Å². The van der Waals surface area contributed by atoms with E-state index in [1.807, 2.05) is 11.7 Å². The van der Waals surface area contributed by atoms with E-state index in [1.54, 1.807) is 11.3 Å². The summed E-state index contributed by atoms with van der Waals surface area (Å²) in [6.07, 6.45) is 5.66. The summed E-state index contributed by atoms with van der Waals surface area (Å²) in [6.45, 7) is 6.56. The van der Waals surface area contributed by atoms with Gasteiger partial charge in [0.2, 0.25) is 0 Å². The molecule has 0 aliphatic heterocycles. The molecular formula is C16H24N4S. The van der Waals surface area contributed by atoms with E-state index in [0.717, 1.165) is 6.42 Å². The number of nitrogens with zero attached hydrogens (tertiary/aromatic N) is 3. The Morgan fingerprint density at radius 1 is 1.43 bits per heavy atom. The van der Waals surface area contributed by atoms with Gasteiger partial charge in [0.15, 0.2) is 0 Å². The predicted octanol–water partition coefficient (Wildman–Crippen LogP) is 3.40. The first-order chi connectivity index (χ1) is 10.1. The molecule has 4 nitrogen and oxygen atoms in total. The van der Waals surface area contributed by atoms with Crippen LogP contribution in [0.2, 0.25) is 0 Å². The molecule has 21 heavy (non-hydrogen) atoms. The van der Waals surface area contributed by atoms with Crippen LogP contribution in [0.25, 0.3) is 0 Å². The Bertz CT molecular complexity index is 610. The third-order valence-electron chi connectivity index (χ3n) is 3.94. The number of aryl methyl sites for hydroxylation is 2.